The molecule has 2 atom stereocenters. The fourth-order valence-electron chi connectivity index (χ4n) is 5.60. The quantitative estimate of drug-likeness (QED) is 0.501. The number of allylic oxidation sites excluding steroid dienone is 3. The second-order valence-electron chi connectivity index (χ2n) is 10.2. The number of hydrogen-bond acceptors (Lipinski definition) is 4. The third kappa shape index (κ3) is 5.06. The number of aliphatic hydroxyl groups is 1. The van der Waals surface area contributed by atoms with Gasteiger partial charge in [0, 0.05) is 23.7 Å². The lowest BCUT2D eigenvalue weighted by molar-refractivity contribution is 0.0995. The molecule has 0 radical (unpaired) electrons. The topological polar surface area (TPSA) is 84.4 Å². The normalized spacial score (nSPS) is 22.1. The van der Waals surface area contributed by atoms with Gasteiger partial charge >= 0.3 is 0 Å². The first-order valence-electron chi connectivity index (χ1n) is 12.7. The van der Waals surface area contributed by atoms with E-state index in [9.17, 15) is 9.90 Å². The van der Waals surface area contributed by atoms with E-state index < -0.39 is 5.91 Å². The van der Waals surface area contributed by atoms with Crippen molar-refractivity contribution in [3.05, 3.63) is 101 Å². The standard InChI is InChI=1S/C30H34N4O2/c1-22-18-28(29(31)36)32-34(22)26-11-9-23(10-12-26)19-30(21-33-17-5-8-27(33)20-35)15-13-25(14-16-30)24-6-3-2-4-7-24/h2-4,6-7,9-15,18,27,35H,5,8,16-17,19-21H2,1H3,(H2,31,36)/t27?,30-/m1/s1. The number of carbonyl (C=O) groups is 1. The van der Waals surface area contributed by atoms with Crippen LogP contribution in [0.3, 0.4) is 0 Å². The van der Waals surface area contributed by atoms with E-state index in [2.05, 4.69) is 76.8 Å². The highest BCUT2D eigenvalue weighted by atomic mass is 16.3. The summed E-state index contributed by atoms with van der Waals surface area (Å²) < 4.78 is 1.76. The van der Waals surface area contributed by atoms with Gasteiger partial charge in [-0.2, -0.15) is 5.10 Å². The average Bonchev–Trinajstić information content (AvgIpc) is 3.51. The van der Waals surface area contributed by atoms with Crippen molar-refractivity contribution in [2.45, 2.75) is 38.6 Å². The van der Waals surface area contributed by atoms with E-state index in [4.69, 9.17) is 5.73 Å². The van der Waals surface area contributed by atoms with Crippen molar-refractivity contribution in [2.75, 3.05) is 19.7 Å². The van der Waals surface area contributed by atoms with Crippen LogP contribution in [0.5, 0.6) is 0 Å². The maximum atomic E-state index is 11.5. The van der Waals surface area contributed by atoms with Crippen LogP contribution in [0, 0.1) is 12.3 Å². The van der Waals surface area contributed by atoms with Crippen molar-refractivity contribution < 1.29 is 9.90 Å². The van der Waals surface area contributed by atoms with Crippen LogP contribution in [0.25, 0.3) is 11.3 Å². The Bertz CT molecular complexity index is 1280. The second-order valence-corrected chi connectivity index (χ2v) is 10.2. The lowest BCUT2D eigenvalue weighted by Gasteiger charge is -2.38. The molecule has 1 aliphatic heterocycles. The van der Waals surface area contributed by atoms with E-state index in [1.807, 2.05) is 13.0 Å². The highest BCUT2D eigenvalue weighted by Gasteiger charge is 2.35. The number of nitrogens with zero attached hydrogens (tertiary/aromatic N) is 3. The van der Waals surface area contributed by atoms with Gasteiger partial charge in [0.1, 0.15) is 0 Å². The van der Waals surface area contributed by atoms with Gasteiger partial charge in [-0.05, 0) is 74.1 Å². The summed E-state index contributed by atoms with van der Waals surface area (Å²) in [7, 11) is 0. The number of aryl methyl sites for hydroxylation is 1. The van der Waals surface area contributed by atoms with Gasteiger partial charge in [0.05, 0.1) is 12.3 Å². The number of benzene rings is 2. The molecule has 1 aliphatic carbocycles. The number of aliphatic hydroxyl groups excluding tert-OH is 1. The van der Waals surface area contributed by atoms with Crippen molar-refractivity contribution >= 4 is 11.5 Å². The number of amides is 1. The predicted octanol–water partition coefficient (Wildman–Crippen LogP) is 4.31. The minimum absolute atomic E-state index is 0.0433. The molecule has 1 aromatic heterocycles. The van der Waals surface area contributed by atoms with Crippen LogP contribution in [-0.4, -0.2) is 51.4 Å². The largest absolute Gasteiger partial charge is 0.395 e. The molecule has 36 heavy (non-hydrogen) atoms. The van der Waals surface area contributed by atoms with Gasteiger partial charge in [0.2, 0.25) is 0 Å². The zero-order valence-corrected chi connectivity index (χ0v) is 20.8. The molecule has 6 heteroatoms. The number of likely N-dealkylation sites (tertiary alicyclic amines) is 1. The van der Waals surface area contributed by atoms with Gasteiger partial charge in [0.25, 0.3) is 5.91 Å². The highest BCUT2D eigenvalue weighted by Crippen LogP contribution is 2.38. The van der Waals surface area contributed by atoms with Crippen molar-refractivity contribution in [1.29, 1.82) is 0 Å². The third-order valence-electron chi connectivity index (χ3n) is 7.56. The van der Waals surface area contributed by atoms with E-state index in [1.54, 1.807) is 10.7 Å². The second kappa shape index (κ2) is 10.2. The number of nitrogens with two attached hydrogens (primary N) is 1. The fraction of sp³-hybridized carbons (Fsp3) is 0.333. The zero-order valence-electron chi connectivity index (χ0n) is 20.8. The Kier molecular flexibility index (Phi) is 6.90. The number of rotatable bonds is 8. The molecule has 1 fully saturated rings. The van der Waals surface area contributed by atoms with Crippen LogP contribution in [0.4, 0.5) is 0 Å². The Morgan fingerprint density at radius 3 is 2.58 bits per heavy atom. The van der Waals surface area contributed by atoms with Crippen LogP contribution >= 0.6 is 0 Å². The van der Waals surface area contributed by atoms with Gasteiger partial charge in [-0.1, -0.05) is 60.7 Å². The molecule has 2 aromatic carbocycles. The molecule has 5 rings (SSSR count). The molecule has 186 valence electrons. The Labute approximate surface area is 212 Å². The highest BCUT2D eigenvalue weighted by molar-refractivity contribution is 5.90. The molecule has 0 saturated carbocycles. The first-order valence-corrected chi connectivity index (χ1v) is 12.7. The maximum absolute atomic E-state index is 11.5. The minimum Gasteiger partial charge on any atom is -0.395 e. The summed E-state index contributed by atoms with van der Waals surface area (Å²) >= 11 is 0. The Morgan fingerprint density at radius 2 is 1.94 bits per heavy atom. The van der Waals surface area contributed by atoms with Crippen molar-refractivity contribution in [2.24, 2.45) is 11.1 Å². The first-order chi connectivity index (χ1) is 17.5. The summed E-state index contributed by atoms with van der Waals surface area (Å²) in [4.78, 5) is 14.0. The summed E-state index contributed by atoms with van der Waals surface area (Å²) in [5, 5.41) is 14.3. The molecule has 1 amide bonds. The molecule has 0 bridgehead atoms. The number of hydrogen-bond donors (Lipinski definition) is 2. The molecule has 3 aromatic rings. The molecule has 2 aliphatic rings. The Balaban J connectivity index is 1.39. The number of aromatic nitrogens is 2. The predicted molar refractivity (Wildman–Crippen MR) is 143 cm³/mol. The number of primary amides is 1. The zero-order chi connectivity index (χ0) is 25.1. The average molecular weight is 483 g/mol. The van der Waals surface area contributed by atoms with Crippen LogP contribution in [-0.2, 0) is 6.42 Å². The Morgan fingerprint density at radius 1 is 1.17 bits per heavy atom. The van der Waals surface area contributed by atoms with E-state index in [0.29, 0.717) is 0 Å². The van der Waals surface area contributed by atoms with Crippen molar-refractivity contribution in [1.82, 2.24) is 14.7 Å². The van der Waals surface area contributed by atoms with Crippen LogP contribution in [0.15, 0.2) is 78.9 Å². The summed E-state index contributed by atoms with van der Waals surface area (Å²) in [5.74, 6) is -0.523. The van der Waals surface area contributed by atoms with Gasteiger partial charge in [-0.25, -0.2) is 4.68 Å². The first kappa shape index (κ1) is 24.2. The van der Waals surface area contributed by atoms with Crippen LogP contribution in [0.2, 0.25) is 0 Å². The molecule has 6 nitrogen and oxygen atoms in total. The Hall–Kier alpha value is -3.48. The summed E-state index contributed by atoms with van der Waals surface area (Å²) in [6.45, 7) is 4.10. The monoisotopic (exact) mass is 482 g/mol. The van der Waals surface area contributed by atoms with E-state index in [-0.39, 0.29) is 23.8 Å². The molecule has 1 saturated heterocycles. The molecule has 1 unspecified atom stereocenters. The molecular weight excluding hydrogens is 448 g/mol. The molecule has 2 heterocycles. The lowest BCUT2D eigenvalue weighted by Crippen LogP contribution is -2.42. The van der Waals surface area contributed by atoms with Gasteiger partial charge in [-0.3, -0.25) is 9.69 Å². The maximum Gasteiger partial charge on any atom is 0.269 e. The van der Waals surface area contributed by atoms with Gasteiger partial charge < -0.3 is 10.8 Å². The smallest absolute Gasteiger partial charge is 0.269 e. The van der Waals surface area contributed by atoms with Gasteiger partial charge in [0.15, 0.2) is 5.69 Å². The van der Waals surface area contributed by atoms with E-state index >= 15 is 0 Å². The number of carbonyl (C=O) groups excluding carboxylic acids is 1. The summed E-state index contributed by atoms with van der Waals surface area (Å²) in [6, 6.07) is 20.9. The van der Waals surface area contributed by atoms with E-state index in [1.165, 1.54) is 16.7 Å². The van der Waals surface area contributed by atoms with Crippen molar-refractivity contribution in [3.63, 3.8) is 0 Å². The molecular formula is C30H34N4O2. The van der Waals surface area contributed by atoms with Gasteiger partial charge in [-0.15, -0.1) is 0 Å². The van der Waals surface area contributed by atoms with Crippen LogP contribution < -0.4 is 5.73 Å². The van der Waals surface area contributed by atoms with E-state index in [0.717, 1.165) is 50.2 Å². The molecule has 0 spiro atoms. The summed E-state index contributed by atoms with van der Waals surface area (Å²) in [6.07, 6.45) is 11.1. The minimum atomic E-state index is -0.523. The fourth-order valence-corrected chi connectivity index (χ4v) is 5.60. The summed E-state index contributed by atoms with van der Waals surface area (Å²) in [5.41, 5.74) is 11.2. The van der Waals surface area contributed by atoms with Crippen molar-refractivity contribution in [3.8, 4) is 5.69 Å². The molecule has 3 N–H and O–H groups in total. The third-order valence-corrected chi connectivity index (χ3v) is 7.56. The van der Waals surface area contributed by atoms with Crippen LogP contribution in [0.1, 0.15) is 46.6 Å². The lowest BCUT2D eigenvalue weighted by atomic mass is 9.74. The SMILES string of the molecule is Cc1cc(C(N)=O)nn1-c1ccc(C[C@@]2(CN3CCCC3CO)C=CC(c3ccccc3)=CC2)cc1.